The second kappa shape index (κ2) is 7.30. The van der Waals surface area contributed by atoms with Crippen LogP contribution in [0.4, 0.5) is 0 Å². The zero-order valence-corrected chi connectivity index (χ0v) is 14.9. The summed E-state index contributed by atoms with van der Waals surface area (Å²) in [7, 11) is 2.00. The summed E-state index contributed by atoms with van der Waals surface area (Å²) in [6.07, 6.45) is 7.88. The van der Waals surface area contributed by atoms with Gasteiger partial charge >= 0.3 is 0 Å². The molecule has 0 aliphatic carbocycles. The molecular weight excluding hydrogens is 302 g/mol. The number of likely N-dealkylation sites (tertiary alicyclic amines) is 1. The molecule has 0 saturated carbocycles. The molecule has 0 unspecified atom stereocenters. The standard InChI is InChI=1S/C18H27N5O/c1-14(2)17-8-18(24)23(13-20-17)9-15-4-6-22(7-5-15)11-16-10-21(3)12-19-16/h8,10,12-15H,4-7,9,11H2,1-3H3. The molecule has 0 radical (unpaired) electrons. The molecule has 2 aromatic heterocycles. The van der Waals surface area contributed by atoms with Crippen LogP contribution in [-0.4, -0.2) is 37.1 Å². The molecular formula is C18H27N5O. The third-order valence-corrected chi connectivity index (χ3v) is 4.80. The molecule has 3 rings (SSSR count). The van der Waals surface area contributed by atoms with Crippen LogP contribution in [0, 0.1) is 5.92 Å². The predicted molar refractivity (Wildman–Crippen MR) is 93.8 cm³/mol. The van der Waals surface area contributed by atoms with Crippen LogP contribution in [0.2, 0.25) is 0 Å². The summed E-state index contributed by atoms with van der Waals surface area (Å²) in [4.78, 5) is 23.5. The summed E-state index contributed by atoms with van der Waals surface area (Å²) in [5.74, 6) is 0.844. The van der Waals surface area contributed by atoms with Gasteiger partial charge in [0.25, 0.3) is 5.56 Å². The number of aromatic nitrogens is 4. The van der Waals surface area contributed by atoms with Crippen LogP contribution in [-0.2, 0) is 20.1 Å². The lowest BCUT2D eigenvalue weighted by molar-refractivity contribution is 0.165. The van der Waals surface area contributed by atoms with E-state index in [1.54, 1.807) is 17.0 Å². The Balaban J connectivity index is 1.53. The van der Waals surface area contributed by atoms with E-state index >= 15 is 0 Å². The maximum Gasteiger partial charge on any atom is 0.253 e. The lowest BCUT2D eigenvalue weighted by Gasteiger charge is -2.31. The third-order valence-electron chi connectivity index (χ3n) is 4.80. The minimum Gasteiger partial charge on any atom is -0.340 e. The van der Waals surface area contributed by atoms with Crippen molar-refractivity contribution in [3.05, 3.63) is 46.7 Å². The summed E-state index contributed by atoms with van der Waals surface area (Å²) in [6.45, 7) is 7.94. The molecule has 1 saturated heterocycles. The maximum absolute atomic E-state index is 12.2. The highest BCUT2D eigenvalue weighted by molar-refractivity contribution is 5.04. The molecule has 0 atom stereocenters. The van der Waals surface area contributed by atoms with Gasteiger partial charge in [-0.05, 0) is 37.8 Å². The van der Waals surface area contributed by atoms with Crippen LogP contribution >= 0.6 is 0 Å². The quantitative estimate of drug-likeness (QED) is 0.842. The van der Waals surface area contributed by atoms with Gasteiger partial charge in [-0.25, -0.2) is 9.97 Å². The Bertz CT molecular complexity index is 725. The van der Waals surface area contributed by atoms with Gasteiger partial charge in [-0.3, -0.25) is 14.3 Å². The molecule has 3 heterocycles. The summed E-state index contributed by atoms with van der Waals surface area (Å²) in [6, 6.07) is 1.68. The van der Waals surface area contributed by atoms with Gasteiger partial charge in [0.15, 0.2) is 0 Å². The number of piperidine rings is 1. The fourth-order valence-corrected chi connectivity index (χ4v) is 3.28. The SMILES string of the molecule is CC(C)c1cc(=O)n(CC2CCN(Cc3cn(C)cn3)CC2)cn1. The van der Waals surface area contributed by atoms with E-state index in [2.05, 4.69) is 34.9 Å². The normalized spacial score (nSPS) is 16.8. The van der Waals surface area contributed by atoms with Crippen molar-refractivity contribution in [2.75, 3.05) is 13.1 Å². The molecule has 1 aliphatic heterocycles. The Labute approximate surface area is 143 Å². The molecule has 0 amide bonds. The van der Waals surface area contributed by atoms with Crippen LogP contribution in [0.15, 0.2) is 29.7 Å². The number of hydrogen-bond donors (Lipinski definition) is 0. The van der Waals surface area contributed by atoms with Gasteiger partial charge in [0.2, 0.25) is 0 Å². The predicted octanol–water partition coefficient (Wildman–Crippen LogP) is 2.01. The van der Waals surface area contributed by atoms with Gasteiger partial charge in [0, 0.05) is 32.4 Å². The van der Waals surface area contributed by atoms with Gasteiger partial charge in [0.05, 0.1) is 24.0 Å². The second-order valence-corrected chi connectivity index (χ2v) is 7.21. The molecule has 0 bridgehead atoms. The van der Waals surface area contributed by atoms with Gasteiger partial charge in [-0.15, -0.1) is 0 Å². The van der Waals surface area contributed by atoms with Crippen LogP contribution < -0.4 is 5.56 Å². The molecule has 130 valence electrons. The van der Waals surface area contributed by atoms with Crippen molar-refractivity contribution in [2.24, 2.45) is 13.0 Å². The largest absolute Gasteiger partial charge is 0.340 e. The van der Waals surface area contributed by atoms with Gasteiger partial charge in [0.1, 0.15) is 0 Å². The first-order valence-corrected chi connectivity index (χ1v) is 8.77. The van der Waals surface area contributed by atoms with Crippen LogP contribution in [0.3, 0.4) is 0 Å². The Kier molecular flexibility index (Phi) is 5.14. The Morgan fingerprint density at radius 2 is 1.96 bits per heavy atom. The number of nitrogens with zero attached hydrogens (tertiary/aromatic N) is 5. The minimum atomic E-state index is 0.0737. The van der Waals surface area contributed by atoms with Crippen molar-refractivity contribution < 1.29 is 0 Å². The topological polar surface area (TPSA) is 56.0 Å². The first kappa shape index (κ1) is 16.9. The Morgan fingerprint density at radius 3 is 2.54 bits per heavy atom. The molecule has 2 aromatic rings. The fraction of sp³-hybridized carbons (Fsp3) is 0.611. The summed E-state index contributed by atoms with van der Waals surface area (Å²) < 4.78 is 3.76. The van der Waals surface area contributed by atoms with E-state index in [1.165, 1.54) is 0 Å². The van der Waals surface area contributed by atoms with Crippen molar-refractivity contribution in [2.45, 2.75) is 45.7 Å². The first-order valence-electron chi connectivity index (χ1n) is 8.77. The molecule has 6 nitrogen and oxygen atoms in total. The van der Waals surface area contributed by atoms with Crippen molar-refractivity contribution in [1.82, 2.24) is 24.0 Å². The maximum atomic E-state index is 12.2. The van der Waals surface area contributed by atoms with Crippen LogP contribution in [0.5, 0.6) is 0 Å². The molecule has 0 N–H and O–H groups in total. The third kappa shape index (κ3) is 4.12. The number of rotatable bonds is 5. The number of hydrogen-bond acceptors (Lipinski definition) is 4. The smallest absolute Gasteiger partial charge is 0.253 e. The van der Waals surface area contributed by atoms with Crippen LogP contribution in [0.25, 0.3) is 0 Å². The van der Waals surface area contributed by atoms with E-state index in [4.69, 9.17) is 0 Å². The fourth-order valence-electron chi connectivity index (χ4n) is 3.28. The van der Waals surface area contributed by atoms with E-state index in [9.17, 15) is 4.79 Å². The molecule has 1 aliphatic rings. The molecule has 24 heavy (non-hydrogen) atoms. The zero-order valence-electron chi connectivity index (χ0n) is 14.9. The highest BCUT2D eigenvalue weighted by Crippen LogP contribution is 2.20. The molecule has 0 aromatic carbocycles. The lowest BCUT2D eigenvalue weighted by atomic mass is 9.96. The summed E-state index contributed by atoms with van der Waals surface area (Å²) in [5, 5.41) is 0. The van der Waals surface area contributed by atoms with Gasteiger partial charge in [-0.1, -0.05) is 13.8 Å². The van der Waals surface area contributed by atoms with Crippen LogP contribution in [0.1, 0.15) is 44.0 Å². The molecule has 1 fully saturated rings. The second-order valence-electron chi connectivity index (χ2n) is 7.21. The Morgan fingerprint density at radius 1 is 1.21 bits per heavy atom. The first-order chi connectivity index (χ1) is 11.5. The Hall–Kier alpha value is -1.95. The minimum absolute atomic E-state index is 0.0737. The highest BCUT2D eigenvalue weighted by Gasteiger charge is 2.20. The molecule has 6 heteroatoms. The van der Waals surface area contributed by atoms with E-state index in [1.807, 2.05) is 17.9 Å². The van der Waals surface area contributed by atoms with Crippen molar-refractivity contribution >= 4 is 0 Å². The average Bonchev–Trinajstić information content (AvgIpc) is 2.96. The van der Waals surface area contributed by atoms with Crippen molar-refractivity contribution in [1.29, 1.82) is 0 Å². The van der Waals surface area contributed by atoms with E-state index in [0.717, 1.165) is 50.4 Å². The highest BCUT2D eigenvalue weighted by atomic mass is 16.1. The average molecular weight is 329 g/mol. The monoisotopic (exact) mass is 329 g/mol. The number of aryl methyl sites for hydroxylation is 1. The van der Waals surface area contributed by atoms with E-state index in [0.29, 0.717) is 11.8 Å². The van der Waals surface area contributed by atoms with Gasteiger partial charge in [-0.2, -0.15) is 0 Å². The van der Waals surface area contributed by atoms with Crippen molar-refractivity contribution in [3.63, 3.8) is 0 Å². The number of imidazole rings is 1. The molecule has 0 spiro atoms. The van der Waals surface area contributed by atoms with E-state index < -0.39 is 0 Å². The summed E-state index contributed by atoms with van der Waals surface area (Å²) in [5.41, 5.74) is 2.08. The van der Waals surface area contributed by atoms with E-state index in [-0.39, 0.29) is 5.56 Å². The van der Waals surface area contributed by atoms with Crippen molar-refractivity contribution in [3.8, 4) is 0 Å². The zero-order chi connectivity index (χ0) is 17.1. The summed E-state index contributed by atoms with van der Waals surface area (Å²) >= 11 is 0. The lowest BCUT2D eigenvalue weighted by Crippen LogP contribution is -2.36. The van der Waals surface area contributed by atoms with Gasteiger partial charge < -0.3 is 4.57 Å².